The molecule has 15 heavy (non-hydrogen) atoms. The standard InChI is InChI=1S/C12H11FN2/c1-15-8-10(5-6-12(15)14)9-3-2-4-11(13)7-9/h2-8,14H,1H3/p+1. The molecular formula is C12H12FN2+. The minimum atomic E-state index is -0.230. The smallest absolute Gasteiger partial charge is 0.272 e. The van der Waals surface area contributed by atoms with Gasteiger partial charge in [-0.15, -0.1) is 0 Å². The van der Waals surface area contributed by atoms with Gasteiger partial charge in [0.25, 0.3) is 5.82 Å². The number of nitrogens with two attached hydrogens (primary N) is 1. The van der Waals surface area contributed by atoms with Gasteiger partial charge in [0, 0.05) is 11.6 Å². The fourth-order valence-electron chi connectivity index (χ4n) is 1.46. The van der Waals surface area contributed by atoms with Crippen LogP contribution in [-0.2, 0) is 7.05 Å². The van der Waals surface area contributed by atoms with Gasteiger partial charge in [0.1, 0.15) is 5.82 Å². The molecular weight excluding hydrogens is 191 g/mol. The maximum atomic E-state index is 13.0. The minimum absolute atomic E-state index is 0.230. The zero-order valence-corrected chi connectivity index (χ0v) is 8.44. The highest BCUT2D eigenvalue weighted by Crippen LogP contribution is 2.18. The molecule has 0 radical (unpaired) electrons. The molecule has 2 rings (SSSR count). The molecule has 0 bridgehead atoms. The van der Waals surface area contributed by atoms with E-state index in [2.05, 4.69) is 0 Å². The lowest BCUT2D eigenvalue weighted by Gasteiger charge is -2.02. The van der Waals surface area contributed by atoms with E-state index < -0.39 is 0 Å². The Bertz CT molecular complexity index is 495. The van der Waals surface area contributed by atoms with Gasteiger partial charge in [0.15, 0.2) is 0 Å². The van der Waals surface area contributed by atoms with Gasteiger partial charge in [-0.1, -0.05) is 12.1 Å². The Kier molecular flexibility index (Phi) is 2.37. The quantitative estimate of drug-likeness (QED) is 0.705. The number of aryl methyl sites for hydroxylation is 1. The lowest BCUT2D eigenvalue weighted by Crippen LogP contribution is -2.31. The predicted octanol–water partition coefficient (Wildman–Crippen LogP) is 1.90. The first kappa shape index (κ1) is 9.65. The second-order valence-electron chi connectivity index (χ2n) is 3.46. The number of hydrogen-bond donors (Lipinski definition) is 1. The number of nitrogen functional groups attached to an aromatic ring is 1. The van der Waals surface area contributed by atoms with Gasteiger partial charge >= 0.3 is 0 Å². The van der Waals surface area contributed by atoms with Crippen LogP contribution in [0, 0.1) is 5.82 Å². The van der Waals surface area contributed by atoms with Crippen molar-refractivity contribution in [3.63, 3.8) is 0 Å². The van der Waals surface area contributed by atoms with E-state index in [9.17, 15) is 4.39 Å². The van der Waals surface area contributed by atoms with Crippen molar-refractivity contribution in [2.45, 2.75) is 0 Å². The molecule has 0 spiro atoms. The van der Waals surface area contributed by atoms with Crippen molar-refractivity contribution in [1.29, 1.82) is 0 Å². The number of pyridine rings is 1. The Morgan fingerprint density at radius 1 is 1.13 bits per heavy atom. The lowest BCUT2D eigenvalue weighted by atomic mass is 10.1. The first-order valence-corrected chi connectivity index (χ1v) is 4.68. The summed E-state index contributed by atoms with van der Waals surface area (Å²) in [6.07, 6.45) is 1.88. The highest BCUT2D eigenvalue weighted by Gasteiger charge is 2.04. The third-order valence-corrected chi connectivity index (χ3v) is 2.33. The van der Waals surface area contributed by atoms with Crippen molar-refractivity contribution in [2.24, 2.45) is 7.05 Å². The maximum Gasteiger partial charge on any atom is 0.272 e. The van der Waals surface area contributed by atoms with Crippen LogP contribution in [0.3, 0.4) is 0 Å². The fourth-order valence-corrected chi connectivity index (χ4v) is 1.46. The van der Waals surface area contributed by atoms with Crippen LogP contribution < -0.4 is 10.3 Å². The van der Waals surface area contributed by atoms with Crippen molar-refractivity contribution in [3.8, 4) is 11.1 Å². The molecule has 0 saturated carbocycles. The van der Waals surface area contributed by atoms with E-state index in [0.717, 1.165) is 11.1 Å². The van der Waals surface area contributed by atoms with Gasteiger partial charge in [0.2, 0.25) is 0 Å². The number of nitrogens with zero attached hydrogens (tertiary/aromatic N) is 1. The van der Waals surface area contributed by atoms with Gasteiger partial charge in [-0.25, -0.2) is 8.96 Å². The third-order valence-electron chi connectivity index (χ3n) is 2.33. The molecule has 76 valence electrons. The normalized spacial score (nSPS) is 10.3. The lowest BCUT2D eigenvalue weighted by molar-refractivity contribution is -0.656. The SMILES string of the molecule is C[n+]1cc(-c2cccc(F)c2)ccc1N. The monoisotopic (exact) mass is 203 g/mol. The summed E-state index contributed by atoms with van der Waals surface area (Å²) in [6, 6.07) is 10.2. The van der Waals surface area contributed by atoms with E-state index in [1.165, 1.54) is 12.1 Å². The summed E-state index contributed by atoms with van der Waals surface area (Å²) in [7, 11) is 1.86. The van der Waals surface area contributed by atoms with Crippen LogP contribution in [0.2, 0.25) is 0 Å². The summed E-state index contributed by atoms with van der Waals surface area (Å²) < 4.78 is 14.8. The number of rotatable bonds is 1. The van der Waals surface area contributed by atoms with Gasteiger partial charge in [0.05, 0.1) is 13.2 Å². The molecule has 1 aromatic carbocycles. The molecule has 1 aromatic heterocycles. The molecule has 2 aromatic rings. The van der Waals surface area contributed by atoms with Crippen LogP contribution >= 0.6 is 0 Å². The van der Waals surface area contributed by atoms with Crippen molar-refractivity contribution in [1.82, 2.24) is 0 Å². The van der Waals surface area contributed by atoms with Crippen molar-refractivity contribution in [2.75, 3.05) is 5.73 Å². The van der Waals surface area contributed by atoms with Gasteiger partial charge in [-0.3, -0.25) is 5.73 Å². The molecule has 0 fully saturated rings. The summed E-state index contributed by atoms with van der Waals surface area (Å²) >= 11 is 0. The third kappa shape index (κ3) is 1.96. The van der Waals surface area contributed by atoms with E-state index in [1.54, 1.807) is 16.7 Å². The fraction of sp³-hybridized carbons (Fsp3) is 0.0833. The van der Waals surface area contributed by atoms with Crippen LogP contribution in [-0.4, -0.2) is 0 Å². The molecule has 0 aliphatic carbocycles. The minimum Gasteiger partial charge on any atom is -0.287 e. The Balaban J connectivity index is 2.50. The molecule has 0 saturated heterocycles. The molecule has 0 aliphatic heterocycles. The number of halogens is 1. The molecule has 3 heteroatoms. The topological polar surface area (TPSA) is 29.9 Å². The zero-order chi connectivity index (χ0) is 10.8. The van der Waals surface area contributed by atoms with Crippen LogP contribution in [0.1, 0.15) is 0 Å². The van der Waals surface area contributed by atoms with E-state index in [0.29, 0.717) is 5.82 Å². The highest BCUT2D eigenvalue weighted by molar-refractivity contribution is 5.62. The Morgan fingerprint density at radius 2 is 1.93 bits per heavy atom. The Labute approximate surface area is 87.8 Å². The molecule has 1 heterocycles. The van der Waals surface area contributed by atoms with Gasteiger partial charge in [-0.2, -0.15) is 0 Å². The number of hydrogen-bond acceptors (Lipinski definition) is 1. The average molecular weight is 203 g/mol. The second-order valence-corrected chi connectivity index (χ2v) is 3.46. The number of benzene rings is 1. The van der Waals surface area contributed by atoms with Crippen LogP contribution in [0.5, 0.6) is 0 Å². The van der Waals surface area contributed by atoms with E-state index in [4.69, 9.17) is 5.73 Å². The molecule has 0 amide bonds. The first-order valence-electron chi connectivity index (χ1n) is 4.68. The summed E-state index contributed by atoms with van der Waals surface area (Å²) in [5, 5.41) is 0. The van der Waals surface area contributed by atoms with Crippen molar-refractivity contribution >= 4 is 5.82 Å². The molecule has 0 aliphatic rings. The van der Waals surface area contributed by atoms with Crippen molar-refractivity contribution < 1.29 is 8.96 Å². The summed E-state index contributed by atoms with van der Waals surface area (Å²) in [6.45, 7) is 0. The molecule has 2 nitrogen and oxygen atoms in total. The van der Waals surface area contributed by atoms with Crippen LogP contribution in [0.4, 0.5) is 10.2 Å². The summed E-state index contributed by atoms with van der Waals surface area (Å²) in [5.74, 6) is 0.446. The predicted molar refractivity (Wildman–Crippen MR) is 57.4 cm³/mol. The second kappa shape index (κ2) is 3.69. The average Bonchev–Trinajstić information content (AvgIpc) is 2.22. The zero-order valence-electron chi connectivity index (χ0n) is 8.44. The number of anilines is 1. The van der Waals surface area contributed by atoms with Crippen LogP contribution in [0.25, 0.3) is 11.1 Å². The van der Waals surface area contributed by atoms with Crippen molar-refractivity contribution in [3.05, 3.63) is 48.4 Å². The van der Waals surface area contributed by atoms with Gasteiger partial charge in [-0.05, 0) is 23.8 Å². The van der Waals surface area contributed by atoms with Crippen LogP contribution in [0.15, 0.2) is 42.6 Å². The number of aromatic nitrogens is 1. The maximum absolute atomic E-state index is 13.0. The molecule has 0 unspecified atom stereocenters. The molecule has 0 atom stereocenters. The molecule has 2 N–H and O–H groups in total. The first-order chi connectivity index (χ1) is 7.16. The van der Waals surface area contributed by atoms with E-state index >= 15 is 0 Å². The summed E-state index contributed by atoms with van der Waals surface area (Å²) in [4.78, 5) is 0. The highest BCUT2D eigenvalue weighted by atomic mass is 19.1. The largest absolute Gasteiger partial charge is 0.287 e. The Morgan fingerprint density at radius 3 is 2.60 bits per heavy atom. The van der Waals surface area contributed by atoms with E-state index in [1.807, 2.05) is 25.4 Å². The van der Waals surface area contributed by atoms with E-state index in [-0.39, 0.29) is 5.82 Å². The Hall–Kier alpha value is -1.90. The summed E-state index contributed by atoms with van der Waals surface area (Å²) in [5.41, 5.74) is 7.49. The van der Waals surface area contributed by atoms with Gasteiger partial charge < -0.3 is 0 Å².